The molecule has 5 aromatic rings. The zero-order valence-electron chi connectivity index (χ0n) is 20.8. The number of halogens is 5. The molecule has 2 heterocycles. The molecule has 3 amide bonds. The van der Waals surface area contributed by atoms with Gasteiger partial charge in [0.05, 0.1) is 21.1 Å². The van der Waals surface area contributed by atoms with E-state index in [2.05, 4.69) is 20.6 Å². The maximum absolute atomic E-state index is 14.1. The highest BCUT2D eigenvalue weighted by molar-refractivity contribution is 6.41. The minimum absolute atomic E-state index is 0.0253. The summed E-state index contributed by atoms with van der Waals surface area (Å²) in [4.78, 5) is 33.7. The Kier molecular flexibility index (Phi) is 7.53. The number of para-hydroxylation sites is 1. The fraction of sp³-hybridized carbons (Fsp3) is 0.0345. The van der Waals surface area contributed by atoms with Crippen LogP contribution >= 0.6 is 23.2 Å². The molecule has 0 bridgehead atoms. The number of nitrogens with zero attached hydrogens (tertiary/aromatic N) is 2. The standard InChI is InChI=1S/C29H18Cl2F3N5O2/c30-21-10-9-17(23-18(26(35)40)7-4-8-20(23)29(32,33)34)25(31)24(21)19-13-15-14-36-12-11-22(15)38-27(19)39-28(41)37-16-5-2-1-3-6-16/h1-14H,(H2,35,40)(H2,37,38,39,41). The summed E-state index contributed by atoms with van der Waals surface area (Å²) in [7, 11) is 0. The van der Waals surface area contributed by atoms with Crippen molar-refractivity contribution in [3.05, 3.63) is 106 Å². The number of benzene rings is 3. The van der Waals surface area contributed by atoms with Gasteiger partial charge in [-0.1, -0.05) is 53.5 Å². The molecule has 2 aromatic heterocycles. The lowest BCUT2D eigenvalue weighted by Gasteiger charge is -2.20. The van der Waals surface area contributed by atoms with Gasteiger partial charge < -0.3 is 11.1 Å². The van der Waals surface area contributed by atoms with E-state index in [0.29, 0.717) is 16.6 Å². The second-order valence-electron chi connectivity index (χ2n) is 8.77. The summed E-state index contributed by atoms with van der Waals surface area (Å²) < 4.78 is 42.2. The van der Waals surface area contributed by atoms with Gasteiger partial charge in [0, 0.05) is 51.3 Å². The number of hydrogen-bond donors (Lipinski definition) is 3. The van der Waals surface area contributed by atoms with E-state index in [-0.39, 0.29) is 38.1 Å². The summed E-state index contributed by atoms with van der Waals surface area (Å²) in [6.07, 6.45) is -1.79. The van der Waals surface area contributed by atoms with Crippen molar-refractivity contribution >= 4 is 57.5 Å². The van der Waals surface area contributed by atoms with Crippen molar-refractivity contribution in [1.82, 2.24) is 9.97 Å². The van der Waals surface area contributed by atoms with Gasteiger partial charge >= 0.3 is 12.2 Å². The van der Waals surface area contributed by atoms with Gasteiger partial charge in [0.1, 0.15) is 5.82 Å². The largest absolute Gasteiger partial charge is 0.417 e. The van der Waals surface area contributed by atoms with E-state index in [4.69, 9.17) is 28.9 Å². The third kappa shape index (κ3) is 5.65. The number of rotatable bonds is 5. The number of nitrogens with two attached hydrogens (primary N) is 1. The highest BCUT2D eigenvalue weighted by atomic mass is 35.5. The Balaban J connectivity index is 1.72. The van der Waals surface area contributed by atoms with E-state index in [1.807, 2.05) is 0 Å². The summed E-state index contributed by atoms with van der Waals surface area (Å²) in [5.74, 6) is -1.05. The molecule has 0 aliphatic rings. The van der Waals surface area contributed by atoms with E-state index < -0.39 is 29.2 Å². The molecule has 12 heteroatoms. The predicted octanol–water partition coefficient (Wildman–Crippen LogP) is 8.03. The fourth-order valence-corrected chi connectivity index (χ4v) is 5.04. The summed E-state index contributed by atoms with van der Waals surface area (Å²) in [5, 5.41) is 5.74. The first kappa shape index (κ1) is 27.9. The van der Waals surface area contributed by atoms with Crippen LogP contribution in [-0.4, -0.2) is 21.9 Å². The number of pyridine rings is 2. The number of fused-ring (bicyclic) bond motifs is 1. The predicted molar refractivity (Wildman–Crippen MR) is 153 cm³/mol. The van der Waals surface area contributed by atoms with E-state index in [1.54, 1.807) is 42.5 Å². The first-order valence-electron chi connectivity index (χ1n) is 11.9. The molecule has 0 saturated carbocycles. The number of carbonyl (C=O) groups excluding carboxylic acids is 2. The topological polar surface area (TPSA) is 110 Å². The van der Waals surface area contributed by atoms with Crippen molar-refractivity contribution in [2.75, 3.05) is 10.6 Å². The van der Waals surface area contributed by atoms with Gasteiger partial charge in [-0.3, -0.25) is 15.1 Å². The van der Waals surface area contributed by atoms with Crippen molar-refractivity contribution in [2.24, 2.45) is 5.73 Å². The maximum Gasteiger partial charge on any atom is 0.417 e. The molecule has 0 atom stereocenters. The molecule has 4 N–H and O–H groups in total. The molecule has 0 unspecified atom stereocenters. The SMILES string of the molecule is NC(=O)c1cccc(C(F)(F)F)c1-c1ccc(Cl)c(-c2cc3cnccc3nc2NC(=O)Nc2ccccc2)c1Cl. The Morgan fingerprint density at radius 3 is 2.32 bits per heavy atom. The van der Waals surface area contributed by atoms with Gasteiger partial charge in [-0.15, -0.1) is 0 Å². The van der Waals surface area contributed by atoms with Gasteiger partial charge in [0.2, 0.25) is 5.91 Å². The molecular formula is C29H18Cl2F3N5O2. The second kappa shape index (κ2) is 11.1. The Labute approximate surface area is 241 Å². The monoisotopic (exact) mass is 595 g/mol. The molecule has 5 rings (SSSR count). The molecule has 0 aliphatic carbocycles. The summed E-state index contributed by atoms with van der Waals surface area (Å²) in [6, 6.07) is 17.0. The van der Waals surface area contributed by atoms with Crippen LogP contribution in [0.1, 0.15) is 15.9 Å². The van der Waals surface area contributed by atoms with E-state index in [0.717, 1.165) is 12.1 Å². The lowest BCUT2D eigenvalue weighted by atomic mass is 9.91. The number of hydrogen-bond acceptors (Lipinski definition) is 4. The van der Waals surface area contributed by atoms with Crippen LogP contribution in [0.3, 0.4) is 0 Å². The summed E-state index contributed by atoms with van der Waals surface area (Å²) in [5.41, 5.74) is 4.59. The lowest BCUT2D eigenvalue weighted by molar-refractivity contribution is -0.137. The zero-order valence-corrected chi connectivity index (χ0v) is 22.3. The van der Waals surface area contributed by atoms with Crippen LogP contribution in [-0.2, 0) is 6.18 Å². The van der Waals surface area contributed by atoms with E-state index >= 15 is 0 Å². The van der Waals surface area contributed by atoms with Crippen LogP contribution in [0.5, 0.6) is 0 Å². The Morgan fingerprint density at radius 1 is 0.854 bits per heavy atom. The first-order chi connectivity index (χ1) is 19.5. The molecular weight excluding hydrogens is 578 g/mol. The van der Waals surface area contributed by atoms with Gasteiger partial charge in [0.15, 0.2) is 0 Å². The number of amides is 3. The van der Waals surface area contributed by atoms with Gasteiger partial charge in [0.25, 0.3) is 0 Å². The summed E-state index contributed by atoms with van der Waals surface area (Å²) in [6.45, 7) is 0. The van der Waals surface area contributed by atoms with Gasteiger partial charge in [-0.05, 0) is 42.5 Å². The molecule has 0 fully saturated rings. The number of primary amides is 1. The van der Waals surface area contributed by atoms with Crippen LogP contribution in [0.2, 0.25) is 10.0 Å². The molecule has 0 radical (unpaired) electrons. The number of aromatic nitrogens is 2. The highest BCUT2D eigenvalue weighted by Gasteiger charge is 2.36. The maximum atomic E-state index is 14.1. The minimum Gasteiger partial charge on any atom is -0.366 e. The molecule has 0 saturated heterocycles. The number of nitrogens with one attached hydrogen (secondary N) is 2. The molecule has 206 valence electrons. The molecule has 41 heavy (non-hydrogen) atoms. The average molecular weight is 596 g/mol. The zero-order chi connectivity index (χ0) is 29.3. The van der Waals surface area contributed by atoms with E-state index in [9.17, 15) is 22.8 Å². The van der Waals surface area contributed by atoms with Crippen molar-refractivity contribution in [3.63, 3.8) is 0 Å². The van der Waals surface area contributed by atoms with Gasteiger partial charge in [-0.25, -0.2) is 9.78 Å². The minimum atomic E-state index is -4.83. The first-order valence-corrected chi connectivity index (χ1v) is 12.7. The van der Waals surface area contributed by atoms with Gasteiger partial charge in [-0.2, -0.15) is 13.2 Å². The molecule has 0 aliphatic heterocycles. The van der Waals surface area contributed by atoms with Crippen LogP contribution in [0.25, 0.3) is 33.2 Å². The number of carbonyl (C=O) groups is 2. The van der Waals surface area contributed by atoms with E-state index in [1.165, 1.54) is 30.6 Å². The van der Waals surface area contributed by atoms with Crippen LogP contribution in [0, 0.1) is 0 Å². The third-order valence-electron chi connectivity index (χ3n) is 6.14. The lowest BCUT2D eigenvalue weighted by Crippen LogP contribution is -2.20. The molecule has 3 aromatic carbocycles. The van der Waals surface area contributed by atoms with Crippen molar-refractivity contribution in [3.8, 4) is 22.3 Å². The van der Waals surface area contributed by atoms with Crippen LogP contribution in [0.4, 0.5) is 29.5 Å². The van der Waals surface area contributed by atoms with Crippen molar-refractivity contribution in [1.29, 1.82) is 0 Å². The van der Waals surface area contributed by atoms with Crippen LogP contribution in [0.15, 0.2) is 85.2 Å². The third-order valence-corrected chi connectivity index (χ3v) is 6.85. The molecule has 7 nitrogen and oxygen atoms in total. The number of urea groups is 1. The highest BCUT2D eigenvalue weighted by Crippen LogP contribution is 2.47. The second-order valence-corrected chi connectivity index (χ2v) is 9.56. The normalized spacial score (nSPS) is 11.3. The molecule has 0 spiro atoms. The quantitative estimate of drug-likeness (QED) is 0.191. The fourth-order valence-electron chi connectivity index (χ4n) is 4.37. The Morgan fingerprint density at radius 2 is 1.61 bits per heavy atom. The van der Waals surface area contributed by atoms with Crippen molar-refractivity contribution in [2.45, 2.75) is 6.18 Å². The number of alkyl halides is 3. The van der Waals surface area contributed by atoms with Crippen molar-refractivity contribution < 1.29 is 22.8 Å². The Hall–Kier alpha value is -4.67. The smallest absolute Gasteiger partial charge is 0.366 e. The summed E-state index contributed by atoms with van der Waals surface area (Å²) >= 11 is 13.4. The Bertz CT molecular complexity index is 1810. The number of anilines is 2. The average Bonchev–Trinajstić information content (AvgIpc) is 2.93. The van der Waals surface area contributed by atoms with Crippen LogP contribution < -0.4 is 16.4 Å².